The minimum atomic E-state index is -0.554. The van der Waals surface area contributed by atoms with Gasteiger partial charge in [0.15, 0.2) is 0 Å². The Labute approximate surface area is 195 Å². The summed E-state index contributed by atoms with van der Waals surface area (Å²) in [5.41, 5.74) is 1.61. The Bertz CT molecular complexity index is 930. The lowest BCUT2D eigenvalue weighted by Crippen LogP contribution is -2.43. The Morgan fingerprint density at radius 3 is 2.27 bits per heavy atom. The highest BCUT2D eigenvalue weighted by molar-refractivity contribution is 5.94. The zero-order valence-corrected chi connectivity index (χ0v) is 19.6. The Kier molecular flexibility index (Phi) is 8.64. The van der Waals surface area contributed by atoms with Crippen LogP contribution in [-0.2, 0) is 20.7 Å². The minimum Gasteiger partial charge on any atom is -0.462 e. The molecule has 6 heteroatoms. The van der Waals surface area contributed by atoms with E-state index in [0.717, 1.165) is 12.0 Å². The van der Waals surface area contributed by atoms with Crippen molar-refractivity contribution in [3.8, 4) is 0 Å². The van der Waals surface area contributed by atoms with Crippen molar-refractivity contribution in [2.45, 2.75) is 46.1 Å². The monoisotopic (exact) mass is 451 g/mol. The Morgan fingerprint density at radius 2 is 1.61 bits per heavy atom. The molecule has 176 valence electrons. The molecular formula is C27H33NO5. The van der Waals surface area contributed by atoms with Crippen molar-refractivity contribution in [3.63, 3.8) is 0 Å². The third-order valence-corrected chi connectivity index (χ3v) is 6.00. The van der Waals surface area contributed by atoms with Crippen molar-refractivity contribution >= 4 is 18.0 Å². The van der Waals surface area contributed by atoms with E-state index in [0.29, 0.717) is 25.0 Å². The van der Waals surface area contributed by atoms with Gasteiger partial charge in [0, 0.05) is 5.92 Å². The highest BCUT2D eigenvalue weighted by atomic mass is 16.6. The van der Waals surface area contributed by atoms with Gasteiger partial charge < -0.3 is 9.47 Å². The predicted molar refractivity (Wildman–Crippen MR) is 126 cm³/mol. The van der Waals surface area contributed by atoms with Crippen LogP contribution in [0, 0.1) is 17.8 Å². The summed E-state index contributed by atoms with van der Waals surface area (Å²) in [6.07, 6.45) is 1.50. The van der Waals surface area contributed by atoms with Crippen molar-refractivity contribution < 1.29 is 23.9 Å². The van der Waals surface area contributed by atoms with E-state index < -0.39 is 6.09 Å². The van der Waals surface area contributed by atoms with Gasteiger partial charge in [0.25, 0.3) is 0 Å². The molecule has 0 saturated carbocycles. The van der Waals surface area contributed by atoms with Crippen molar-refractivity contribution in [3.05, 3.63) is 71.8 Å². The maximum Gasteiger partial charge on any atom is 0.416 e. The van der Waals surface area contributed by atoms with Gasteiger partial charge in [-0.15, -0.1) is 0 Å². The van der Waals surface area contributed by atoms with Gasteiger partial charge in [-0.25, -0.2) is 14.5 Å². The first-order chi connectivity index (χ1) is 15.8. The maximum absolute atomic E-state index is 13.1. The zero-order chi connectivity index (χ0) is 23.8. The third-order valence-electron chi connectivity index (χ3n) is 6.00. The second-order valence-corrected chi connectivity index (χ2v) is 9.18. The van der Waals surface area contributed by atoms with E-state index in [1.54, 1.807) is 24.3 Å². The van der Waals surface area contributed by atoms with E-state index in [-0.39, 0.29) is 42.3 Å². The molecule has 4 atom stereocenters. The maximum atomic E-state index is 13.1. The van der Waals surface area contributed by atoms with Crippen LogP contribution < -0.4 is 0 Å². The Balaban J connectivity index is 1.47. The molecule has 2 amide bonds. The number of imide groups is 1. The lowest BCUT2D eigenvalue weighted by Gasteiger charge is -2.25. The molecule has 0 bridgehead atoms. The van der Waals surface area contributed by atoms with Crippen LogP contribution in [0.1, 0.15) is 49.5 Å². The Morgan fingerprint density at radius 1 is 0.970 bits per heavy atom. The van der Waals surface area contributed by atoms with Crippen LogP contribution in [0.15, 0.2) is 60.7 Å². The summed E-state index contributed by atoms with van der Waals surface area (Å²) >= 11 is 0. The number of nitrogens with zero attached hydrogens (tertiary/aromatic N) is 1. The van der Waals surface area contributed by atoms with Crippen LogP contribution in [-0.4, -0.2) is 42.1 Å². The predicted octanol–water partition coefficient (Wildman–Crippen LogP) is 5.12. The van der Waals surface area contributed by atoms with E-state index >= 15 is 0 Å². The fourth-order valence-electron chi connectivity index (χ4n) is 4.44. The van der Waals surface area contributed by atoms with Crippen molar-refractivity contribution in [2.24, 2.45) is 17.8 Å². The quantitative estimate of drug-likeness (QED) is 0.469. The summed E-state index contributed by atoms with van der Waals surface area (Å²) in [6.45, 7) is 6.55. The number of hydrogen-bond donors (Lipinski definition) is 0. The lowest BCUT2D eigenvalue weighted by atomic mass is 9.89. The largest absolute Gasteiger partial charge is 0.462 e. The van der Waals surface area contributed by atoms with E-state index in [9.17, 15) is 14.4 Å². The number of carbonyl (C=O) groups is 3. The van der Waals surface area contributed by atoms with Gasteiger partial charge in [-0.05, 0) is 48.8 Å². The van der Waals surface area contributed by atoms with E-state index in [1.807, 2.05) is 50.2 Å². The summed E-state index contributed by atoms with van der Waals surface area (Å²) in [6, 6.07) is 18.5. The molecule has 6 nitrogen and oxygen atoms in total. The number of esters is 1. The summed E-state index contributed by atoms with van der Waals surface area (Å²) in [4.78, 5) is 38.8. The molecule has 1 aliphatic heterocycles. The standard InChI is InChI=1S/C27H33NO5/c1-19(14-20(2)17-32-26(30)23-12-8-5-9-13-23)15-21(3)25(29)28-24(18-33-27(28)31)16-22-10-6-4-7-11-22/h4-13,19-21,24H,14-18H2,1-3H3/t19-,20-,21+,24+/m1/s1. The van der Waals surface area contributed by atoms with Gasteiger partial charge in [0.2, 0.25) is 5.91 Å². The molecule has 1 saturated heterocycles. The van der Waals surface area contributed by atoms with Gasteiger partial charge in [-0.1, -0.05) is 69.3 Å². The number of amides is 2. The van der Waals surface area contributed by atoms with Gasteiger partial charge >= 0.3 is 12.1 Å². The van der Waals surface area contributed by atoms with E-state index in [1.165, 1.54) is 4.90 Å². The fraction of sp³-hybridized carbons (Fsp3) is 0.444. The number of benzene rings is 2. The number of hydrogen-bond acceptors (Lipinski definition) is 5. The smallest absolute Gasteiger partial charge is 0.416 e. The zero-order valence-electron chi connectivity index (χ0n) is 19.6. The van der Waals surface area contributed by atoms with E-state index in [2.05, 4.69) is 6.92 Å². The highest BCUT2D eigenvalue weighted by Gasteiger charge is 2.39. The van der Waals surface area contributed by atoms with Crippen LogP contribution in [0.3, 0.4) is 0 Å². The molecule has 2 aromatic carbocycles. The fourth-order valence-corrected chi connectivity index (χ4v) is 4.44. The molecule has 0 aromatic heterocycles. The molecule has 0 radical (unpaired) electrons. The van der Waals surface area contributed by atoms with Crippen molar-refractivity contribution in [1.82, 2.24) is 4.90 Å². The number of rotatable bonds is 10. The van der Waals surface area contributed by atoms with Crippen LogP contribution in [0.5, 0.6) is 0 Å². The molecular weight excluding hydrogens is 418 g/mol. The molecule has 1 heterocycles. The first-order valence-electron chi connectivity index (χ1n) is 11.6. The molecule has 0 N–H and O–H groups in total. The lowest BCUT2D eigenvalue weighted by molar-refractivity contribution is -0.133. The molecule has 1 aliphatic rings. The van der Waals surface area contributed by atoms with E-state index in [4.69, 9.17) is 9.47 Å². The summed E-state index contributed by atoms with van der Waals surface area (Å²) in [7, 11) is 0. The van der Waals surface area contributed by atoms with Crippen LogP contribution in [0.25, 0.3) is 0 Å². The molecule has 2 aromatic rings. The molecule has 0 aliphatic carbocycles. The summed E-state index contributed by atoms with van der Waals surface area (Å²) in [5, 5.41) is 0. The van der Waals surface area contributed by atoms with Crippen molar-refractivity contribution in [1.29, 1.82) is 0 Å². The van der Waals surface area contributed by atoms with Gasteiger partial charge in [0.1, 0.15) is 6.61 Å². The molecule has 33 heavy (non-hydrogen) atoms. The van der Waals surface area contributed by atoms with Gasteiger partial charge in [-0.2, -0.15) is 0 Å². The average Bonchev–Trinajstić information content (AvgIpc) is 3.17. The second-order valence-electron chi connectivity index (χ2n) is 9.18. The first-order valence-corrected chi connectivity index (χ1v) is 11.6. The highest BCUT2D eigenvalue weighted by Crippen LogP contribution is 2.25. The number of carbonyl (C=O) groups excluding carboxylic acids is 3. The van der Waals surface area contributed by atoms with Gasteiger partial charge in [0.05, 0.1) is 18.2 Å². The molecule has 1 fully saturated rings. The molecule has 3 rings (SSSR count). The second kappa shape index (κ2) is 11.6. The topological polar surface area (TPSA) is 72.9 Å². The number of cyclic esters (lactones) is 1. The van der Waals surface area contributed by atoms with Gasteiger partial charge in [-0.3, -0.25) is 4.79 Å². The van der Waals surface area contributed by atoms with Crippen LogP contribution in [0.4, 0.5) is 4.79 Å². The summed E-state index contributed by atoms with van der Waals surface area (Å²) in [5.74, 6) is -0.412. The number of ether oxygens (including phenoxy) is 2. The summed E-state index contributed by atoms with van der Waals surface area (Å²) < 4.78 is 10.6. The minimum absolute atomic E-state index is 0.164. The SMILES string of the molecule is C[C@H](C[C@@H](C)COC(=O)c1ccccc1)C[C@H](C)C(=O)N1C(=O)OC[C@@H]1Cc1ccccc1. The Hall–Kier alpha value is -3.15. The normalized spacial score (nSPS) is 18.3. The third kappa shape index (κ3) is 6.91. The molecule has 0 spiro atoms. The van der Waals surface area contributed by atoms with Crippen LogP contribution in [0.2, 0.25) is 0 Å². The van der Waals surface area contributed by atoms with Crippen molar-refractivity contribution in [2.75, 3.05) is 13.2 Å². The molecule has 0 unspecified atom stereocenters. The average molecular weight is 452 g/mol. The van der Waals surface area contributed by atoms with Crippen LogP contribution >= 0.6 is 0 Å². The first kappa shape index (κ1) is 24.5.